The van der Waals surface area contributed by atoms with Crippen molar-refractivity contribution in [1.29, 1.82) is 0 Å². The lowest BCUT2D eigenvalue weighted by atomic mass is 10.2. The predicted octanol–water partition coefficient (Wildman–Crippen LogP) is 3.54. The van der Waals surface area contributed by atoms with E-state index in [4.69, 9.17) is 14.0 Å². The average Bonchev–Trinajstić information content (AvgIpc) is 3.13. The van der Waals surface area contributed by atoms with Crippen LogP contribution < -0.4 is 9.64 Å². The Morgan fingerprint density at radius 2 is 1.96 bits per heavy atom. The standard InChI is InChI=1S/C18H24N2O4/c1-3-22-18(21)15-7-9-16(10-8-15)23-14-6-4-5-13-20(2)17-11-12-19-24-17/h7-12H,3-6,13-14H2,1-2H3. The fourth-order valence-electron chi connectivity index (χ4n) is 2.24. The van der Waals surface area contributed by atoms with Crippen molar-refractivity contribution >= 4 is 11.9 Å². The molecule has 0 N–H and O–H groups in total. The Morgan fingerprint density at radius 3 is 2.62 bits per heavy atom. The first-order valence-electron chi connectivity index (χ1n) is 8.22. The molecule has 6 heteroatoms. The van der Waals surface area contributed by atoms with Crippen molar-refractivity contribution in [2.24, 2.45) is 0 Å². The molecule has 1 heterocycles. The SMILES string of the molecule is CCOC(=O)c1ccc(OCCCCCN(C)c2ccno2)cc1. The van der Waals surface area contributed by atoms with Crippen molar-refractivity contribution in [3.8, 4) is 5.75 Å². The minimum absolute atomic E-state index is 0.306. The molecule has 1 aromatic carbocycles. The summed E-state index contributed by atoms with van der Waals surface area (Å²) < 4.78 is 15.7. The summed E-state index contributed by atoms with van der Waals surface area (Å²) in [6.45, 7) is 3.75. The summed E-state index contributed by atoms with van der Waals surface area (Å²) in [7, 11) is 1.99. The van der Waals surface area contributed by atoms with Crippen molar-refractivity contribution in [3.63, 3.8) is 0 Å². The van der Waals surface area contributed by atoms with Crippen molar-refractivity contribution in [1.82, 2.24) is 5.16 Å². The normalized spacial score (nSPS) is 10.4. The molecule has 0 aliphatic heterocycles. The molecule has 1 aromatic heterocycles. The summed E-state index contributed by atoms with van der Waals surface area (Å²) in [6, 6.07) is 8.89. The summed E-state index contributed by atoms with van der Waals surface area (Å²) in [4.78, 5) is 13.6. The van der Waals surface area contributed by atoms with E-state index in [0.717, 1.165) is 37.4 Å². The van der Waals surface area contributed by atoms with Crippen LogP contribution in [0.4, 0.5) is 5.88 Å². The van der Waals surface area contributed by atoms with E-state index in [-0.39, 0.29) is 5.97 Å². The zero-order valence-electron chi connectivity index (χ0n) is 14.2. The van der Waals surface area contributed by atoms with Gasteiger partial charge in [-0.25, -0.2) is 4.79 Å². The summed E-state index contributed by atoms with van der Waals surface area (Å²) in [6.07, 6.45) is 4.75. The highest BCUT2D eigenvalue weighted by Crippen LogP contribution is 2.14. The minimum atomic E-state index is -0.306. The minimum Gasteiger partial charge on any atom is -0.494 e. The number of carbonyl (C=O) groups excluding carboxylic acids is 1. The van der Waals surface area contributed by atoms with E-state index in [9.17, 15) is 4.79 Å². The smallest absolute Gasteiger partial charge is 0.338 e. The van der Waals surface area contributed by atoms with Crippen LogP contribution in [0.3, 0.4) is 0 Å². The first kappa shape index (κ1) is 17.8. The van der Waals surface area contributed by atoms with Gasteiger partial charge in [0, 0.05) is 19.7 Å². The number of rotatable bonds is 10. The van der Waals surface area contributed by atoms with Gasteiger partial charge in [0.25, 0.3) is 0 Å². The molecule has 0 radical (unpaired) electrons. The Kier molecular flexibility index (Phi) is 7.14. The van der Waals surface area contributed by atoms with Gasteiger partial charge < -0.3 is 18.9 Å². The quantitative estimate of drug-likeness (QED) is 0.490. The van der Waals surface area contributed by atoms with Gasteiger partial charge in [-0.2, -0.15) is 0 Å². The third-order valence-corrected chi connectivity index (χ3v) is 3.57. The van der Waals surface area contributed by atoms with E-state index < -0.39 is 0 Å². The Labute approximate surface area is 142 Å². The fourth-order valence-corrected chi connectivity index (χ4v) is 2.24. The number of hydrogen-bond acceptors (Lipinski definition) is 6. The van der Waals surface area contributed by atoms with Gasteiger partial charge in [0.1, 0.15) is 5.75 Å². The third-order valence-electron chi connectivity index (χ3n) is 3.57. The Balaban J connectivity index is 1.59. The molecule has 0 unspecified atom stereocenters. The van der Waals surface area contributed by atoms with Gasteiger partial charge in [-0.15, -0.1) is 0 Å². The first-order chi connectivity index (χ1) is 11.7. The molecule has 2 rings (SSSR count). The van der Waals surface area contributed by atoms with Crippen LogP contribution in [-0.4, -0.2) is 37.9 Å². The molecule has 0 bridgehead atoms. The van der Waals surface area contributed by atoms with Crippen LogP contribution >= 0.6 is 0 Å². The summed E-state index contributed by atoms with van der Waals surface area (Å²) in [5.41, 5.74) is 0.541. The van der Waals surface area contributed by atoms with Crippen LogP contribution in [0, 0.1) is 0 Å². The van der Waals surface area contributed by atoms with E-state index in [1.165, 1.54) is 0 Å². The van der Waals surface area contributed by atoms with Gasteiger partial charge in [-0.1, -0.05) is 5.16 Å². The number of esters is 1. The van der Waals surface area contributed by atoms with E-state index in [2.05, 4.69) is 5.16 Å². The second kappa shape index (κ2) is 9.60. The number of anilines is 1. The lowest BCUT2D eigenvalue weighted by Gasteiger charge is -2.14. The van der Waals surface area contributed by atoms with Crippen LogP contribution in [0.15, 0.2) is 41.1 Å². The maximum atomic E-state index is 11.6. The highest BCUT2D eigenvalue weighted by Gasteiger charge is 2.06. The lowest BCUT2D eigenvalue weighted by molar-refractivity contribution is 0.0526. The highest BCUT2D eigenvalue weighted by atomic mass is 16.5. The fraction of sp³-hybridized carbons (Fsp3) is 0.444. The van der Waals surface area contributed by atoms with Crippen LogP contribution in [-0.2, 0) is 4.74 Å². The monoisotopic (exact) mass is 332 g/mol. The molecule has 0 fully saturated rings. The van der Waals surface area contributed by atoms with Crippen molar-refractivity contribution < 1.29 is 18.8 Å². The molecule has 0 saturated heterocycles. The highest BCUT2D eigenvalue weighted by molar-refractivity contribution is 5.89. The first-order valence-corrected chi connectivity index (χ1v) is 8.22. The van der Waals surface area contributed by atoms with Crippen LogP contribution in [0.1, 0.15) is 36.5 Å². The van der Waals surface area contributed by atoms with Gasteiger partial charge in [0.05, 0.1) is 25.0 Å². The molecule has 24 heavy (non-hydrogen) atoms. The van der Waals surface area contributed by atoms with Crippen LogP contribution in [0.2, 0.25) is 0 Å². The second-order valence-corrected chi connectivity index (χ2v) is 5.43. The molecule has 130 valence electrons. The molecule has 0 amide bonds. The van der Waals surface area contributed by atoms with Crippen molar-refractivity contribution in [2.75, 3.05) is 31.7 Å². The van der Waals surface area contributed by atoms with Crippen LogP contribution in [0.5, 0.6) is 5.75 Å². The molecule has 0 aliphatic carbocycles. The number of benzene rings is 1. The summed E-state index contributed by atoms with van der Waals surface area (Å²) in [5, 5.41) is 3.70. The van der Waals surface area contributed by atoms with Crippen molar-refractivity contribution in [3.05, 3.63) is 42.1 Å². The maximum Gasteiger partial charge on any atom is 0.338 e. The molecular weight excluding hydrogens is 308 g/mol. The van der Waals surface area contributed by atoms with Crippen molar-refractivity contribution in [2.45, 2.75) is 26.2 Å². The van der Waals surface area contributed by atoms with E-state index in [0.29, 0.717) is 18.8 Å². The lowest BCUT2D eigenvalue weighted by Crippen LogP contribution is -2.17. The van der Waals surface area contributed by atoms with Gasteiger partial charge in [-0.3, -0.25) is 0 Å². The van der Waals surface area contributed by atoms with Crippen LogP contribution in [0.25, 0.3) is 0 Å². The maximum absolute atomic E-state index is 11.6. The van der Waals surface area contributed by atoms with Gasteiger partial charge in [0.2, 0.25) is 5.88 Å². The zero-order valence-corrected chi connectivity index (χ0v) is 14.2. The third kappa shape index (κ3) is 5.61. The topological polar surface area (TPSA) is 64.8 Å². The Bertz CT molecular complexity index is 596. The molecule has 0 atom stereocenters. The summed E-state index contributed by atoms with van der Waals surface area (Å²) >= 11 is 0. The summed E-state index contributed by atoms with van der Waals surface area (Å²) in [5.74, 6) is 1.25. The molecule has 0 spiro atoms. The van der Waals surface area contributed by atoms with E-state index >= 15 is 0 Å². The number of aromatic nitrogens is 1. The molecule has 6 nitrogen and oxygen atoms in total. The number of unbranched alkanes of at least 4 members (excludes halogenated alkanes) is 2. The number of nitrogens with zero attached hydrogens (tertiary/aromatic N) is 2. The molecular formula is C18H24N2O4. The average molecular weight is 332 g/mol. The predicted molar refractivity (Wildman–Crippen MR) is 91.5 cm³/mol. The second-order valence-electron chi connectivity index (χ2n) is 5.43. The zero-order chi connectivity index (χ0) is 17.2. The molecule has 0 aliphatic rings. The Hall–Kier alpha value is -2.50. The van der Waals surface area contributed by atoms with E-state index in [1.807, 2.05) is 18.0 Å². The van der Waals surface area contributed by atoms with Gasteiger partial charge in [0.15, 0.2) is 0 Å². The number of ether oxygens (including phenoxy) is 2. The largest absolute Gasteiger partial charge is 0.494 e. The number of carbonyl (C=O) groups is 1. The Morgan fingerprint density at radius 1 is 1.17 bits per heavy atom. The number of hydrogen-bond donors (Lipinski definition) is 0. The van der Waals surface area contributed by atoms with Gasteiger partial charge in [-0.05, 0) is 50.5 Å². The molecule has 0 saturated carbocycles. The molecule has 2 aromatic rings. The van der Waals surface area contributed by atoms with E-state index in [1.54, 1.807) is 37.4 Å². The van der Waals surface area contributed by atoms with Gasteiger partial charge >= 0.3 is 5.97 Å².